The number of amides is 1. The van der Waals surface area contributed by atoms with E-state index in [0.29, 0.717) is 0 Å². The average Bonchev–Trinajstić information content (AvgIpc) is 2.63. The van der Waals surface area contributed by atoms with Crippen LogP contribution in [0.3, 0.4) is 0 Å². The molecule has 1 fully saturated rings. The van der Waals surface area contributed by atoms with Crippen LogP contribution in [0, 0.1) is 11.7 Å². The molecule has 0 spiro atoms. The number of rotatable bonds is 3. The van der Waals surface area contributed by atoms with Crippen molar-refractivity contribution < 1.29 is 22.4 Å². The van der Waals surface area contributed by atoms with Gasteiger partial charge in [0, 0.05) is 6.04 Å². The van der Waals surface area contributed by atoms with Gasteiger partial charge in [0.25, 0.3) is 5.91 Å². The lowest BCUT2D eigenvalue weighted by Gasteiger charge is -2.30. The van der Waals surface area contributed by atoms with Crippen molar-refractivity contribution in [2.45, 2.75) is 25.6 Å². The summed E-state index contributed by atoms with van der Waals surface area (Å²) in [4.78, 5) is 12.8. The summed E-state index contributed by atoms with van der Waals surface area (Å²) in [6.45, 7) is 3.52. The molecule has 0 radical (unpaired) electrons. The zero-order chi connectivity index (χ0) is 19.6. The Labute approximate surface area is 166 Å². The minimum Gasteiger partial charge on any atom is -0.349 e. The maximum atomic E-state index is 13.8. The second-order valence-electron chi connectivity index (χ2n) is 6.82. The Hall–Kier alpha value is -2.12. The van der Waals surface area contributed by atoms with Gasteiger partial charge in [-0.15, -0.1) is 12.4 Å². The summed E-state index contributed by atoms with van der Waals surface area (Å²) >= 11 is 0. The molecule has 152 valence electrons. The topological polar surface area (TPSA) is 41.1 Å². The molecule has 1 aliphatic rings. The van der Waals surface area contributed by atoms with E-state index < -0.39 is 23.5 Å². The van der Waals surface area contributed by atoms with E-state index in [1.807, 2.05) is 6.92 Å². The highest BCUT2D eigenvalue weighted by Crippen LogP contribution is 2.33. The molecule has 28 heavy (non-hydrogen) atoms. The summed E-state index contributed by atoms with van der Waals surface area (Å²) in [6, 6.07) is 8.16. The van der Waals surface area contributed by atoms with Gasteiger partial charge in [-0.1, -0.05) is 25.1 Å². The van der Waals surface area contributed by atoms with Crippen molar-refractivity contribution in [1.82, 2.24) is 10.6 Å². The molecule has 2 atom stereocenters. The van der Waals surface area contributed by atoms with E-state index >= 15 is 0 Å². The van der Waals surface area contributed by atoms with Crippen molar-refractivity contribution in [2.24, 2.45) is 5.92 Å². The number of carbonyl (C=O) groups excluding carboxylic acids is 1. The third kappa shape index (κ3) is 5.02. The fourth-order valence-corrected chi connectivity index (χ4v) is 3.29. The smallest absolute Gasteiger partial charge is 0.349 e. The van der Waals surface area contributed by atoms with Crippen molar-refractivity contribution in [3.63, 3.8) is 0 Å². The maximum Gasteiger partial charge on any atom is 0.416 e. The van der Waals surface area contributed by atoms with Crippen LogP contribution in [0.2, 0.25) is 0 Å². The Kier molecular flexibility index (Phi) is 7.06. The second kappa shape index (κ2) is 8.92. The lowest BCUT2D eigenvalue weighted by atomic mass is 9.93. The number of halogens is 5. The molecule has 2 N–H and O–H groups in total. The minimum absolute atomic E-state index is 0. The summed E-state index contributed by atoms with van der Waals surface area (Å²) in [5, 5.41) is 6.13. The number of alkyl halides is 3. The van der Waals surface area contributed by atoms with Crippen LogP contribution in [0.5, 0.6) is 0 Å². The zero-order valence-corrected chi connectivity index (χ0v) is 16.0. The quantitative estimate of drug-likeness (QED) is 0.714. The Morgan fingerprint density at radius 3 is 2.61 bits per heavy atom. The molecule has 3 nitrogen and oxygen atoms in total. The predicted molar refractivity (Wildman–Crippen MR) is 102 cm³/mol. The second-order valence-corrected chi connectivity index (χ2v) is 6.82. The van der Waals surface area contributed by atoms with Gasteiger partial charge in [-0.2, -0.15) is 13.2 Å². The van der Waals surface area contributed by atoms with Crippen molar-refractivity contribution in [1.29, 1.82) is 0 Å². The summed E-state index contributed by atoms with van der Waals surface area (Å²) in [5.41, 5.74) is -0.308. The molecule has 0 saturated carbocycles. The van der Waals surface area contributed by atoms with Crippen molar-refractivity contribution in [2.75, 3.05) is 13.1 Å². The maximum absolute atomic E-state index is 13.8. The third-order valence-electron chi connectivity index (χ3n) is 4.83. The highest BCUT2D eigenvalue weighted by Gasteiger charge is 2.31. The molecule has 2 unspecified atom stereocenters. The van der Waals surface area contributed by atoms with Crippen LogP contribution in [-0.4, -0.2) is 25.0 Å². The van der Waals surface area contributed by atoms with Gasteiger partial charge >= 0.3 is 6.18 Å². The van der Waals surface area contributed by atoms with Crippen LogP contribution in [0.4, 0.5) is 17.6 Å². The highest BCUT2D eigenvalue weighted by atomic mass is 35.5. The fourth-order valence-electron chi connectivity index (χ4n) is 3.29. The number of piperidine rings is 1. The zero-order valence-electron chi connectivity index (χ0n) is 15.1. The molecule has 8 heteroatoms. The van der Waals surface area contributed by atoms with E-state index in [2.05, 4.69) is 10.6 Å². The Morgan fingerprint density at radius 2 is 1.93 bits per heavy atom. The standard InChI is InChI=1S/C20H20F4N2O.ClH/c1-12-11-25-8-7-18(12)26-19(27)17-10-15(21)5-6-16(17)13-3-2-4-14(9-13)20(22,23)24;/h2-6,9-10,12,18,25H,7-8,11H2,1H3,(H,26,27);1H. The Bertz CT molecular complexity index is 841. The number of hydrogen-bond donors (Lipinski definition) is 2. The first-order valence-corrected chi connectivity index (χ1v) is 8.74. The summed E-state index contributed by atoms with van der Waals surface area (Å²) in [7, 11) is 0. The Balaban J connectivity index is 0.00000280. The van der Waals surface area contributed by atoms with E-state index in [-0.39, 0.29) is 41.1 Å². The normalized spacial score (nSPS) is 19.6. The van der Waals surface area contributed by atoms with E-state index in [1.54, 1.807) is 0 Å². The lowest BCUT2D eigenvalue weighted by Crippen LogP contribution is -2.48. The number of nitrogens with one attached hydrogen (secondary N) is 2. The molecule has 1 saturated heterocycles. The number of hydrogen-bond acceptors (Lipinski definition) is 2. The molecule has 1 aliphatic heterocycles. The average molecular weight is 417 g/mol. The summed E-state index contributed by atoms with van der Waals surface area (Å²) in [6.07, 6.45) is -3.76. The van der Waals surface area contributed by atoms with Gasteiger partial charge < -0.3 is 10.6 Å². The molecular formula is C20H21ClF4N2O. The number of benzene rings is 2. The van der Waals surface area contributed by atoms with Crippen molar-refractivity contribution >= 4 is 18.3 Å². The molecule has 0 bridgehead atoms. The monoisotopic (exact) mass is 416 g/mol. The summed E-state index contributed by atoms with van der Waals surface area (Å²) < 4.78 is 52.8. The molecule has 0 aromatic heterocycles. The third-order valence-corrected chi connectivity index (χ3v) is 4.83. The molecule has 1 heterocycles. The molecule has 2 aromatic carbocycles. The highest BCUT2D eigenvalue weighted by molar-refractivity contribution is 6.01. The van der Waals surface area contributed by atoms with Crippen LogP contribution in [0.1, 0.15) is 29.3 Å². The van der Waals surface area contributed by atoms with E-state index in [1.165, 1.54) is 18.2 Å². The SMILES string of the molecule is CC1CNCCC1NC(=O)c1cc(F)ccc1-c1cccc(C(F)(F)F)c1.Cl. The van der Waals surface area contributed by atoms with Crippen LogP contribution in [0.25, 0.3) is 11.1 Å². The predicted octanol–water partition coefficient (Wildman–Crippen LogP) is 4.66. The molecule has 1 amide bonds. The molecule has 2 aromatic rings. The largest absolute Gasteiger partial charge is 0.416 e. The van der Waals surface area contributed by atoms with Crippen molar-refractivity contribution in [3.8, 4) is 11.1 Å². The minimum atomic E-state index is -4.50. The van der Waals surface area contributed by atoms with Gasteiger partial charge in [-0.3, -0.25) is 4.79 Å². The van der Waals surface area contributed by atoms with Crippen LogP contribution >= 0.6 is 12.4 Å². The van der Waals surface area contributed by atoms with Gasteiger partial charge in [-0.25, -0.2) is 4.39 Å². The van der Waals surface area contributed by atoms with Gasteiger partial charge in [-0.05, 0) is 60.8 Å². The first-order valence-electron chi connectivity index (χ1n) is 8.74. The van der Waals surface area contributed by atoms with E-state index in [9.17, 15) is 22.4 Å². The van der Waals surface area contributed by atoms with E-state index in [0.717, 1.165) is 43.8 Å². The van der Waals surface area contributed by atoms with Crippen LogP contribution in [0.15, 0.2) is 42.5 Å². The van der Waals surface area contributed by atoms with Crippen molar-refractivity contribution in [3.05, 3.63) is 59.4 Å². The first kappa shape index (κ1) is 22.2. The van der Waals surface area contributed by atoms with E-state index in [4.69, 9.17) is 0 Å². The van der Waals surface area contributed by atoms with Gasteiger partial charge in [0.15, 0.2) is 0 Å². The lowest BCUT2D eigenvalue weighted by molar-refractivity contribution is -0.137. The fraction of sp³-hybridized carbons (Fsp3) is 0.350. The Morgan fingerprint density at radius 1 is 1.18 bits per heavy atom. The van der Waals surface area contributed by atoms with Gasteiger partial charge in [0.05, 0.1) is 11.1 Å². The van der Waals surface area contributed by atoms with Crippen LogP contribution in [-0.2, 0) is 6.18 Å². The number of carbonyl (C=O) groups is 1. The van der Waals surface area contributed by atoms with Gasteiger partial charge in [0.1, 0.15) is 5.82 Å². The summed E-state index contributed by atoms with van der Waals surface area (Å²) in [5.74, 6) is -0.900. The molecule has 0 aliphatic carbocycles. The van der Waals surface area contributed by atoms with Gasteiger partial charge in [0.2, 0.25) is 0 Å². The van der Waals surface area contributed by atoms with Crippen LogP contribution < -0.4 is 10.6 Å². The first-order chi connectivity index (χ1) is 12.8. The molecule has 3 rings (SSSR count). The molecular weight excluding hydrogens is 396 g/mol.